The molecule has 2 aromatic carbocycles. The third-order valence-corrected chi connectivity index (χ3v) is 4.69. The topological polar surface area (TPSA) is 51.8 Å². The SMILES string of the molecule is Cc1ccc2nc(N)nc3c2c1Sc1ccccc1-3. The number of benzene rings is 2. The Kier molecular flexibility index (Phi) is 2.11. The van der Waals surface area contributed by atoms with E-state index >= 15 is 0 Å². The molecule has 2 heterocycles. The van der Waals surface area contributed by atoms with Crippen LogP contribution < -0.4 is 5.73 Å². The molecule has 0 saturated heterocycles. The largest absolute Gasteiger partial charge is 0.368 e. The van der Waals surface area contributed by atoms with E-state index in [2.05, 4.69) is 41.2 Å². The number of aromatic nitrogens is 2. The molecule has 0 fully saturated rings. The van der Waals surface area contributed by atoms with Crippen molar-refractivity contribution in [1.82, 2.24) is 9.97 Å². The first kappa shape index (κ1) is 10.8. The van der Waals surface area contributed by atoms with Crippen molar-refractivity contribution in [3.05, 3.63) is 42.0 Å². The highest BCUT2D eigenvalue weighted by atomic mass is 32.2. The first-order valence-electron chi connectivity index (χ1n) is 6.08. The lowest BCUT2D eigenvalue weighted by atomic mass is 10.0. The van der Waals surface area contributed by atoms with Crippen molar-refractivity contribution in [2.75, 3.05) is 5.73 Å². The standard InChI is InChI=1S/C15H11N3S/c1-8-6-7-10-12-13(18-15(16)17-10)9-4-2-3-5-11(9)19-14(8)12/h2-7H,1H3,(H2,16,17,18). The summed E-state index contributed by atoms with van der Waals surface area (Å²) in [5.41, 5.74) is 10.1. The Labute approximate surface area is 114 Å². The van der Waals surface area contributed by atoms with E-state index in [1.54, 1.807) is 11.8 Å². The van der Waals surface area contributed by atoms with Gasteiger partial charge in [-0.1, -0.05) is 36.0 Å². The van der Waals surface area contributed by atoms with Crippen LogP contribution in [-0.4, -0.2) is 9.97 Å². The van der Waals surface area contributed by atoms with Crippen LogP contribution >= 0.6 is 11.8 Å². The number of nitrogen functional groups attached to an aromatic ring is 1. The summed E-state index contributed by atoms with van der Waals surface area (Å²) in [6, 6.07) is 12.4. The molecule has 0 spiro atoms. The fourth-order valence-corrected chi connectivity index (χ4v) is 3.68. The lowest BCUT2D eigenvalue weighted by Crippen LogP contribution is -2.02. The number of hydrogen-bond acceptors (Lipinski definition) is 4. The Morgan fingerprint density at radius 1 is 1.05 bits per heavy atom. The molecule has 0 aliphatic carbocycles. The third-order valence-electron chi connectivity index (χ3n) is 3.38. The number of aryl methyl sites for hydroxylation is 1. The van der Waals surface area contributed by atoms with Gasteiger partial charge in [-0.05, 0) is 24.6 Å². The van der Waals surface area contributed by atoms with E-state index in [9.17, 15) is 0 Å². The molecule has 1 aromatic heterocycles. The van der Waals surface area contributed by atoms with E-state index < -0.39 is 0 Å². The van der Waals surface area contributed by atoms with Crippen LogP contribution in [0.3, 0.4) is 0 Å². The van der Waals surface area contributed by atoms with Gasteiger partial charge in [-0.25, -0.2) is 9.97 Å². The van der Waals surface area contributed by atoms with E-state index in [-0.39, 0.29) is 0 Å². The first-order valence-corrected chi connectivity index (χ1v) is 6.90. The predicted octanol–water partition coefficient (Wildman–Crippen LogP) is 3.65. The van der Waals surface area contributed by atoms with Crippen molar-refractivity contribution in [3.8, 4) is 11.3 Å². The van der Waals surface area contributed by atoms with Crippen LogP contribution in [0.4, 0.5) is 5.95 Å². The van der Waals surface area contributed by atoms with Gasteiger partial charge in [0.25, 0.3) is 0 Å². The molecular weight excluding hydrogens is 254 g/mol. The molecule has 92 valence electrons. The Morgan fingerprint density at radius 3 is 2.79 bits per heavy atom. The van der Waals surface area contributed by atoms with Gasteiger partial charge in [0.1, 0.15) is 0 Å². The number of hydrogen-bond donors (Lipinski definition) is 1. The third kappa shape index (κ3) is 1.47. The second-order valence-electron chi connectivity index (χ2n) is 4.63. The maximum atomic E-state index is 5.84. The maximum Gasteiger partial charge on any atom is 0.221 e. The van der Waals surface area contributed by atoms with Crippen LogP contribution in [0.25, 0.3) is 22.2 Å². The average molecular weight is 265 g/mol. The first-order chi connectivity index (χ1) is 9.24. The fourth-order valence-electron chi connectivity index (χ4n) is 2.50. The number of fused-ring (bicyclic) bond motifs is 2. The highest BCUT2D eigenvalue weighted by Gasteiger charge is 2.22. The van der Waals surface area contributed by atoms with Crippen LogP contribution in [0, 0.1) is 6.92 Å². The molecule has 3 aromatic rings. The molecule has 3 nitrogen and oxygen atoms in total. The van der Waals surface area contributed by atoms with Gasteiger partial charge in [-0.15, -0.1) is 0 Å². The van der Waals surface area contributed by atoms with E-state index in [0.717, 1.165) is 22.2 Å². The highest BCUT2D eigenvalue weighted by Crippen LogP contribution is 2.47. The minimum absolute atomic E-state index is 0.332. The molecule has 0 bridgehead atoms. The molecule has 0 atom stereocenters. The zero-order valence-electron chi connectivity index (χ0n) is 10.3. The minimum atomic E-state index is 0.332. The van der Waals surface area contributed by atoms with Gasteiger partial charge in [-0.3, -0.25) is 0 Å². The number of rotatable bonds is 0. The Hall–Kier alpha value is -2.07. The molecule has 0 radical (unpaired) electrons. The minimum Gasteiger partial charge on any atom is -0.368 e. The molecule has 1 aliphatic rings. The van der Waals surface area contributed by atoms with Crippen molar-refractivity contribution in [2.45, 2.75) is 16.7 Å². The van der Waals surface area contributed by atoms with E-state index in [0.29, 0.717) is 5.95 Å². The zero-order chi connectivity index (χ0) is 13.0. The van der Waals surface area contributed by atoms with E-state index in [4.69, 9.17) is 5.73 Å². The number of anilines is 1. The van der Waals surface area contributed by atoms with Crippen molar-refractivity contribution in [3.63, 3.8) is 0 Å². The van der Waals surface area contributed by atoms with Crippen LogP contribution in [0.15, 0.2) is 46.2 Å². The van der Waals surface area contributed by atoms with Gasteiger partial charge in [0.05, 0.1) is 11.2 Å². The summed E-state index contributed by atoms with van der Waals surface area (Å²) in [4.78, 5) is 11.3. The summed E-state index contributed by atoms with van der Waals surface area (Å²) in [5, 5.41) is 1.12. The lowest BCUT2D eigenvalue weighted by Gasteiger charge is -2.20. The molecule has 0 saturated carbocycles. The molecule has 19 heavy (non-hydrogen) atoms. The number of nitrogens with two attached hydrogens (primary N) is 1. The van der Waals surface area contributed by atoms with Crippen molar-refractivity contribution in [2.24, 2.45) is 0 Å². The molecule has 2 N–H and O–H groups in total. The lowest BCUT2D eigenvalue weighted by molar-refractivity contribution is 1.19. The van der Waals surface area contributed by atoms with Gasteiger partial charge in [0.15, 0.2) is 0 Å². The summed E-state index contributed by atoms with van der Waals surface area (Å²) >= 11 is 1.79. The summed E-state index contributed by atoms with van der Waals surface area (Å²) in [7, 11) is 0. The number of nitrogens with zero attached hydrogens (tertiary/aromatic N) is 2. The Balaban J connectivity index is 2.23. The monoisotopic (exact) mass is 265 g/mol. The van der Waals surface area contributed by atoms with Crippen molar-refractivity contribution in [1.29, 1.82) is 0 Å². The van der Waals surface area contributed by atoms with Gasteiger partial charge in [0.2, 0.25) is 5.95 Å². The fraction of sp³-hybridized carbons (Fsp3) is 0.0667. The van der Waals surface area contributed by atoms with Gasteiger partial charge in [-0.2, -0.15) is 0 Å². The van der Waals surface area contributed by atoms with Crippen LogP contribution in [0.5, 0.6) is 0 Å². The predicted molar refractivity (Wildman–Crippen MR) is 78.2 cm³/mol. The van der Waals surface area contributed by atoms with Crippen molar-refractivity contribution < 1.29 is 0 Å². The second-order valence-corrected chi connectivity index (χ2v) is 5.69. The highest BCUT2D eigenvalue weighted by molar-refractivity contribution is 7.99. The molecular formula is C15H11N3S. The Morgan fingerprint density at radius 2 is 1.89 bits per heavy atom. The van der Waals surface area contributed by atoms with Crippen LogP contribution in [0.1, 0.15) is 5.56 Å². The van der Waals surface area contributed by atoms with Gasteiger partial charge in [0, 0.05) is 20.7 Å². The van der Waals surface area contributed by atoms with E-state index in [1.165, 1.54) is 15.4 Å². The Bertz CT molecular complexity index is 827. The maximum absolute atomic E-state index is 5.84. The average Bonchev–Trinajstić information content (AvgIpc) is 2.42. The van der Waals surface area contributed by atoms with Crippen LogP contribution in [-0.2, 0) is 0 Å². The normalized spacial score (nSPS) is 12.5. The molecule has 4 rings (SSSR count). The summed E-state index contributed by atoms with van der Waals surface area (Å²) in [6.45, 7) is 2.12. The summed E-state index contributed by atoms with van der Waals surface area (Å²) < 4.78 is 0. The van der Waals surface area contributed by atoms with Gasteiger partial charge < -0.3 is 5.73 Å². The van der Waals surface area contributed by atoms with E-state index in [1.807, 2.05) is 12.1 Å². The van der Waals surface area contributed by atoms with Crippen molar-refractivity contribution >= 4 is 28.6 Å². The summed E-state index contributed by atoms with van der Waals surface area (Å²) in [5.74, 6) is 0.332. The smallest absolute Gasteiger partial charge is 0.221 e. The second kappa shape index (κ2) is 3.71. The summed E-state index contributed by atoms with van der Waals surface area (Å²) in [6.07, 6.45) is 0. The van der Waals surface area contributed by atoms with Crippen LogP contribution in [0.2, 0.25) is 0 Å². The van der Waals surface area contributed by atoms with Gasteiger partial charge >= 0.3 is 0 Å². The zero-order valence-corrected chi connectivity index (χ0v) is 11.2. The molecule has 1 aliphatic heterocycles. The molecule has 0 amide bonds. The molecule has 4 heteroatoms. The molecule has 0 unspecified atom stereocenters. The quantitative estimate of drug-likeness (QED) is 0.527.